The summed E-state index contributed by atoms with van der Waals surface area (Å²) >= 11 is 0. The van der Waals surface area contributed by atoms with Crippen LogP contribution in [0.1, 0.15) is 22.3 Å². The van der Waals surface area contributed by atoms with Crippen molar-refractivity contribution in [3.63, 3.8) is 0 Å². The molecule has 2 aromatic carbocycles. The van der Waals surface area contributed by atoms with Crippen LogP contribution in [0.2, 0.25) is 0 Å². The van der Waals surface area contributed by atoms with Crippen molar-refractivity contribution >= 4 is 17.3 Å². The van der Waals surface area contributed by atoms with Crippen LogP contribution in [0.5, 0.6) is 0 Å². The smallest absolute Gasteiger partial charge is 0.255 e. The van der Waals surface area contributed by atoms with Gasteiger partial charge in [0.1, 0.15) is 0 Å². The number of hydrogen-bond donors (Lipinski definition) is 2. The standard InChI is InChI=1S/C19H25N3O/c1-15-5-7-16(8-6-15)19(23)21-18-11-9-17(10-12-18)20-13-4-14-22(2)3/h5-12,20H,4,13-14H2,1-3H3,(H,21,23). The van der Waals surface area contributed by atoms with E-state index in [1.165, 1.54) is 0 Å². The second-order valence-electron chi connectivity index (χ2n) is 5.98. The molecule has 0 heterocycles. The Labute approximate surface area is 138 Å². The van der Waals surface area contributed by atoms with E-state index in [-0.39, 0.29) is 5.91 Å². The number of carbonyl (C=O) groups excluding carboxylic acids is 1. The Balaban J connectivity index is 1.84. The van der Waals surface area contributed by atoms with Crippen molar-refractivity contribution in [2.45, 2.75) is 13.3 Å². The monoisotopic (exact) mass is 311 g/mol. The van der Waals surface area contributed by atoms with Gasteiger partial charge in [0.2, 0.25) is 0 Å². The molecule has 0 bridgehead atoms. The van der Waals surface area contributed by atoms with Crippen LogP contribution in [0.4, 0.5) is 11.4 Å². The summed E-state index contributed by atoms with van der Waals surface area (Å²) in [5, 5.41) is 6.29. The van der Waals surface area contributed by atoms with Crippen molar-refractivity contribution < 1.29 is 4.79 Å². The van der Waals surface area contributed by atoms with E-state index in [0.717, 1.165) is 36.4 Å². The van der Waals surface area contributed by atoms with Gasteiger partial charge in [0, 0.05) is 23.5 Å². The van der Waals surface area contributed by atoms with E-state index in [4.69, 9.17) is 0 Å². The third kappa shape index (κ3) is 5.75. The van der Waals surface area contributed by atoms with Gasteiger partial charge in [-0.15, -0.1) is 0 Å². The van der Waals surface area contributed by atoms with E-state index < -0.39 is 0 Å². The molecule has 0 aliphatic heterocycles. The number of hydrogen-bond acceptors (Lipinski definition) is 3. The fourth-order valence-electron chi connectivity index (χ4n) is 2.21. The lowest BCUT2D eigenvalue weighted by molar-refractivity contribution is 0.102. The molecule has 0 saturated heterocycles. The lowest BCUT2D eigenvalue weighted by Crippen LogP contribution is -2.16. The molecule has 0 spiro atoms. The van der Waals surface area contributed by atoms with Crippen LogP contribution in [-0.2, 0) is 0 Å². The Kier molecular flexibility index (Phi) is 6.18. The first-order valence-corrected chi connectivity index (χ1v) is 7.91. The van der Waals surface area contributed by atoms with Crippen molar-refractivity contribution in [3.8, 4) is 0 Å². The molecule has 1 amide bonds. The van der Waals surface area contributed by atoms with Crippen LogP contribution in [-0.4, -0.2) is 38.0 Å². The normalized spacial score (nSPS) is 10.6. The molecule has 4 heteroatoms. The molecule has 0 aliphatic carbocycles. The van der Waals surface area contributed by atoms with E-state index in [9.17, 15) is 4.79 Å². The van der Waals surface area contributed by atoms with Gasteiger partial charge >= 0.3 is 0 Å². The van der Waals surface area contributed by atoms with Crippen LogP contribution < -0.4 is 10.6 Å². The molecule has 0 fully saturated rings. The maximum atomic E-state index is 12.2. The van der Waals surface area contributed by atoms with Gasteiger partial charge in [-0.05, 0) is 70.4 Å². The van der Waals surface area contributed by atoms with Crippen LogP contribution >= 0.6 is 0 Å². The summed E-state index contributed by atoms with van der Waals surface area (Å²) in [5.74, 6) is -0.0864. The molecule has 23 heavy (non-hydrogen) atoms. The Morgan fingerprint density at radius 1 is 0.957 bits per heavy atom. The Bertz CT molecular complexity index is 618. The van der Waals surface area contributed by atoms with Crippen molar-refractivity contribution in [1.29, 1.82) is 0 Å². The van der Waals surface area contributed by atoms with E-state index in [2.05, 4.69) is 29.6 Å². The molecule has 4 nitrogen and oxygen atoms in total. The summed E-state index contributed by atoms with van der Waals surface area (Å²) in [7, 11) is 4.15. The zero-order chi connectivity index (χ0) is 16.7. The summed E-state index contributed by atoms with van der Waals surface area (Å²) in [6, 6.07) is 15.4. The highest BCUT2D eigenvalue weighted by Gasteiger charge is 2.05. The summed E-state index contributed by atoms with van der Waals surface area (Å²) in [4.78, 5) is 14.3. The zero-order valence-corrected chi connectivity index (χ0v) is 14.1. The number of aryl methyl sites for hydroxylation is 1. The highest BCUT2D eigenvalue weighted by Crippen LogP contribution is 2.15. The zero-order valence-electron chi connectivity index (χ0n) is 14.1. The second kappa shape index (κ2) is 8.34. The maximum Gasteiger partial charge on any atom is 0.255 e. The molecule has 2 aromatic rings. The molecule has 0 radical (unpaired) electrons. The van der Waals surface area contributed by atoms with Gasteiger partial charge in [-0.25, -0.2) is 0 Å². The number of rotatable bonds is 7. The Hall–Kier alpha value is -2.33. The number of nitrogens with one attached hydrogen (secondary N) is 2. The first-order valence-electron chi connectivity index (χ1n) is 7.91. The third-order valence-electron chi connectivity index (χ3n) is 3.57. The van der Waals surface area contributed by atoms with Gasteiger partial charge in [-0.2, -0.15) is 0 Å². The number of amides is 1. The van der Waals surface area contributed by atoms with Gasteiger partial charge in [-0.3, -0.25) is 4.79 Å². The topological polar surface area (TPSA) is 44.4 Å². The summed E-state index contributed by atoms with van der Waals surface area (Å²) in [6.07, 6.45) is 1.10. The molecule has 2 N–H and O–H groups in total. The van der Waals surface area contributed by atoms with Crippen molar-refractivity contribution in [3.05, 3.63) is 59.7 Å². The lowest BCUT2D eigenvalue weighted by atomic mass is 10.1. The van der Waals surface area contributed by atoms with Crippen LogP contribution in [0.25, 0.3) is 0 Å². The Morgan fingerprint density at radius 2 is 1.57 bits per heavy atom. The fraction of sp³-hybridized carbons (Fsp3) is 0.316. The molecular weight excluding hydrogens is 286 g/mol. The van der Waals surface area contributed by atoms with E-state index in [1.807, 2.05) is 55.5 Å². The molecule has 0 unspecified atom stereocenters. The first-order chi connectivity index (χ1) is 11.0. The molecule has 0 aromatic heterocycles. The molecule has 0 saturated carbocycles. The molecule has 0 atom stereocenters. The highest BCUT2D eigenvalue weighted by atomic mass is 16.1. The van der Waals surface area contributed by atoms with Crippen molar-refractivity contribution in [2.75, 3.05) is 37.8 Å². The minimum absolute atomic E-state index is 0.0864. The highest BCUT2D eigenvalue weighted by molar-refractivity contribution is 6.04. The van der Waals surface area contributed by atoms with E-state index in [1.54, 1.807) is 0 Å². The molecule has 122 valence electrons. The summed E-state index contributed by atoms with van der Waals surface area (Å²) < 4.78 is 0. The van der Waals surface area contributed by atoms with Gasteiger partial charge < -0.3 is 15.5 Å². The van der Waals surface area contributed by atoms with Gasteiger partial charge in [0.15, 0.2) is 0 Å². The van der Waals surface area contributed by atoms with E-state index in [0.29, 0.717) is 5.56 Å². The van der Waals surface area contributed by atoms with Crippen molar-refractivity contribution in [2.24, 2.45) is 0 Å². The SMILES string of the molecule is Cc1ccc(C(=O)Nc2ccc(NCCCN(C)C)cc2)cc1. The fourth-order valence-corrected chi connectivity index (χ4v) is 2.21. The quantitative estimate of drug-likeness (QED) is 0.768. The molecule has 0 aliphatic rings. The van der Waals surface area contributed by atoms with Crippen molar-refractivity contribution in [1.82, 2.24) is 4.90 Å². The first kappa shape index (κ1) is 17.0. The number of anilines is 2. The molecule has 2 rings (SSSR count). The van der Waals surface area contributed by atoms with Gasteiger partial charge in [-0.1, -0.05) is 17.7 Å². The largest absolute Gasteiger partial charge is 0.385 e. The number of nitrogens with zero attached hydrogens (tertiary/aromatic N) is 1. The van der Waals surface area contributed by atoms with Crippen LogP contribution in [0, 0.1) is 6.92 Å². The number of benzene rings is 2. The van der Waals surface area contributed by atoms with Crippen LogP contribution in [0.15, 0.2) is 48.5 Å². The summed E-state index contributed by atoms with van der Waals surface area (Å²) in [6.45, 7) is 4.01. The minimum atomic E-state index is -0.0864. The molecular formula is C19H25N3O. The Morgan fingerprint density at radius 3 is 2.17 bits per heavy atom. The average Bonchev–Trinajstić information content (AvgIpc) is 2.53. The van der Waals surface area contributed by atoms with Crippen LogP contribution in [0.3, 0.4) is 0 Å². The summed E-state index contributed by atoms with van der Waals surface area (Å²) in [5.41, 5.74) is 3.68. The van der Waals surface area contributed by atoms with Gasteiger partial charge in [0.05, 0.1) is 0 Å². The predicted octanol–water partition coefficient (Wildman–Crippen LogP) is 3.61. The number of carbonyl (C=O) groups is 1. The minimum Gasteiger partial charge on any atom is -0.385 e. The second-order valence-corrected chi connectivity index (χ2v) is 5.98. The maximum absolute atomic E-state index is 12.2. The lowest BCUT2D eigenvalue weighted by Gasteiger charge is -2.11. The van der Waals surface area contributed by atoms with Gasteiger partial charge in [0.25, 0.3) is 5.91 Å². The van der Waals surface area contributed by atoms with E-state index >= 15 is 0 Å². The third-order valence-corrected chi connectivity index (χ3v) is 3.57. The predicted molar refractivity (Wildman–Crippen MR) is 97.2 cm³/mol. The average molecular weight is 311 g/mol.